The summed E-state index contributed by atoms with van der Waals surface area (Å²) in [5, 5.41) is 2.95. The SMILES string of the molecule is CC(C)C1=CC(C(C)C)=C(c2ccccc2)[C@](C(C)C)(P(c2ccccc2)c2ccccc2)C1. The second-order valence-electron chi connectivity index (χ2n) is 10.5. The maximum Gasteiger partial charge on any atom is 0.0303 e. The highest BCUT2D eigenvalue weighted by Gasteiger charge is 2.49. The van der Waals surface area contributed by atoms with Gasteiger partial charge in [-0.2, -0.15) is 0 Å². The molecular formula is C33H39P. The first-order valence-electron chi connectivity index (χ1n) is 12.8. The Labute approximate surface area is 208 Å². The number of allylic oxidation sites excluding steroid dienone is 4. The average molecular weight is 467 g/mol. The Kier molecular flexibility index (Phi) is 7.59. The molecule has 4 rings (SSSR count). The lowest BCUT2D eigenvalue weighted by Gasteiger charge is -2.51. The highest BCUT2D eigenvalue weighted by molar-refractivity contribution is 7.75. The minimum Gasteiger partial charge on any atom is -0.0661 e. The van der Waals surface area contributed by atoms with E-state index >= 15 is 0 Å². The van der Waals surface area contributed by atoms with E-state index in [1.54, 1.807) is 11.1 Å². The van der Waals surface area contributed by atoms with Crippen molar-refractivity contribution in [2.24, 2.45) is 17.8 Å². The van der Waals surface area contributed by atoms with E-state index in [-0.39, 0.29) is 5.16 Å². The van der Waals surface area contributed by atoms with Crippen molar-refractivity contribution in [1.82, 2.24) is 0 Å². The summed E-state index contributed by atoms with van der Waals surface area (Å²) in [4.78, 5) is 0. The lowest BCUT2D eigenvalue weighted by atomic mass is 9.69. The molecule has 1 aliphatic carbocycles. The molecule has 0 unspecified atom stereocenters. The van der Waals surface area contributed by atoms with E-state index in [2.05, 4.69) is 139 Å². The van der Waals surface area contributed by atoms with Gasteiger partial charge in [-0.25, -0.2) is 0 Å². The third-order valence-electron chi connectivity index (χ3n) is 7.35. The fraction of sp³-hybridized carbons (Fsp3) is 0.333. The summed E-state index contributed by atoms with van der Waals surface area (Å²) < 4.78 is 0. The zero-order valence-corrected chi connectivity index (χ0v) is 22.5. The van der Waals surface area contributed by atoms with Crippen molar-refractivity contribution in [3.63, 3.8) is 0 Å². The molecule has 3 aromatic carbocycles. The highest BCUT2D eigenvalue weighted by Crippen LogP contribution is 2.64. The van der Waals surface area contributed by atoms with Gasteiger partial charge in [0.25, 0.3) is 0 Å². The maximum absolute atomic E-state index is 2.56. The van der Waals surface area contributed by atoms with Crippen molar-refractivity contribution in [3.8, 4) is 0 Å². The Morgan fingerprint density at radius 3 is 1.50 bits per heavy atom. The van der Waals surface area contributed by atoms with Gasteiger partial charge in [0.05, 0.1) is 0 Å². The minimum absolute atomic E-state index is 0.00729. The molecule has 0 amide bonds. The summed E-state index contributed by atoms with van der Waals surface area (Å²) >= 11 is 0. The van der Waals surface area contributed by atoms with Crippen LogP contribution in [0.3, 0.4) is 0 Å². The first kappa shape index (κ1) is 24.7. The van der Waals surface area contributed by atoms with Crippen LogP contribution in [0.4, 0.5) is 0 Å². The lowest BCUT2D eigenvalue weighted by Crippen LogP contribution is -2.44. The van der Waals surface area contributed by atoms with Gasteiger partial charge >= 0.3 is 0 Å². The molecule has 176 valence electrons. The summed E-state index contributed by atoms with van der Waals surface area (Å²) in [5.74, 6) is 1.48. The van der Waals surface area contributed by atoms with Crippen LogP contribution < -0.4 is 10.6 Å². The largest absolute Gasteiger partial charge is 0.0661 e. The molecule has 0 radical (unpaired) electrons. The Bertz CT molecular complexity index is 1100. The van der Waals surface area contributed by atoms with Crippen LogP contribution >= 0.6 is 7.92 Å². The van der Waals surface area contributed by atoms with E-state index in [4.69, 9.17) is 0 Å². The number of benzene rings is 3. The van der Waals surface area contributed by atoms with E-state index in [1.165, 1.54) is 21.7 Å². The third-order valence-corrected chi connectivity index (χ3v) is 10.7. The molecule has 0 saturated carbocycles. The number of hydrogen-bond donors (Lipinski definition) is 0. The van der Waals surface area contributed by atoms with Gasteiger partial charge in [-0.1, -0.05) is 144 Å². The van der Waals surface area contributed by atoms with Crippen LogP contribution in [0.1, 0.15) is 53.5 Å². The standard InChI is InChI=1S/C33H39P/c1-24(2)28-22-31(25(3)4)32(27-16-10-7-11-17-27)33(23-28,26(5)6)34(29-18-12-8-13-19-29)30-20-14-9-15-21-30/h7-22,24-26H,23H2,1-6H3/t33-/m0/s1. The summed E-state index contributed by atoms with van der Waals surface area (Å²) in [7, 11) is -0.657. The third kappa shape index (κ3) is 4.58. The van der Waals surface area contributed by atoms with Crippen molar-refractivity contribution in [2.45, 2.75) is 53.1 Å². The van der Waals surface area contributed by atoms with Gasteiger partial charge in [0, 0.05) is 5.16 Å². The Morgan fingerprint density at radius 1 is 0.618 bits per heavy atom. The first-order valence-corrected chi connectivity index (χ1v) is 14.1. The smallest absolute Gasteiger partial charge is 0.0303 e. The molecule has 1 aliphatic rings. The van der Waals surface area contributed by atoms with E-state index in [1.807, 2.05) is 0 Å². The second kappa shape index (κ2) is 10.5. The van der Waals surface area contributed by atoms with E-state index < -0.39 is 7.92 Å². The fourth-order valence-electron chi connectivity index (χ4n) is 5.53. The van der Waals surface area contributed by atoms with Gasteiger partial charge in [-0.05, 0) is 59.4 Å². The molecule has 3 aromatic rings. The average Bonchev–Trinajstić information content (AvgIpc) is 2.85. The van der Waals surface area contributed by atoms with Gasteiger partial charge in [0.2, 0.25) is 0 Å². The molecule has 0 nitrogen and oxygen atoms in total. The van der Waals surface area contributed by atoms with Crippen LogP contribution in [0, 0.1) is 17.8 Å². The van der Waals surface area contributed by atoms with Crippen LogP contribution in [0.5, 0.6) is 0 Å². The normalized spacial score (nSPS) is 18.8. The second-order valence-corrected chi connectivity index (χ2v) is 13.0. The Balaban J connectivity index is 2.13. The number of hydrogen-bond acceptors (Lipinski definition) is 0. The first-order chi connectivity index (χ1) is 16.4. The molecule has 1 heteroatoms. The molecule has 0 bridgehead atoms. The Hall–Kier alpha value is -2.43. The topological polar surface area (TPSA) is 0 Å². The van der Waals surface area contributed by atoms with E-state index in [9.17, 15) is 0 Å². The van der Waals surface area contributed by atoms with Crippen molar-refractivity contribution in [1.29, 1.82) is 0 Å². The van der Waals surface area contributed by atoms with Crippen molar-refractivity contribution in [2.75, 3.05) is 0 Å². The van der Waals surface area contributed by atoms with Gasteiger partial charge in [-0.15, -0.1) is 0 Å². The molecule has 0 spiro atoms. The van der Waals surface area contributed by atoms with Crippen molar-refractivity contribution < 1.29 is 0 Å². The summed E-state index contributed by atoms with van der Waals surface area (Å²) in [6.45, 7) is 14.4. The van der Waals surface area contributed by atoms with Crippen LogP contribution in [0.2, 0.25) is 0 Å². The summed E-state index contributed by atoms with van der Waals surface area (Å²) in [6, 6.07) is 33.9. The molecule has 0 N–H and O–H groups in total. The summed E-state index contributed by atoms with van der Waals surface area (Å²) in [6.07, 6.45) is 3.67. The molecule has 0 aliphatic heterocycles. The van der Waals surface area contributed by atoms with E-state index in [0.29, 0.717) is 17.8 Å². The molecule has 1 atom stereocenters. The predicted molar refractivity (Wildman–Crippen MR) is 152 cm³/mol. The monoisotopic (exact) mass is 466 g/mol. The molecule has 0 fully saturated rings. The Morgan fingerprint density at radius 2 is 1.09 bits per heavy atom. The van der Waals surface area contributed by atoms with Crippen LogP contribution in [-0.2, 0) is 0 Å². The molecule has 0 saturated heterocycles. The molecule has 34 heavy (non-hydrogen) atoms. The quantitative estimate of drug-likeness (QED) is 0.306. The zero-order chi connectivity index (χ0) is 24.3. The van der Waals surface area contributed by atoms with Crippen molar-refractivity contribution >= 4 is 24.1 Å². The fourth-order valence-corrected chi connectivity index (χ4v) is 9.02. The van der Waals surface area contributed by atoms with Gasteiger partial charge in [0.1, 0.15) is 0 Å². The zero-order valence-electron chi connectivity index (χ0n) is 21.6. The van der Waals surface area contributed by atoms with Gasteiger partial charge in [0.15, 0.2) is 0 Å². The van der Waals surface area contributed by atoms with Crippen LogP contribution in [0.25, 0.3) is 5.57 Å². The highest BCUT2D eigenvalue weighted by atomic mass is 31.1. The minimum atomic E-state index is -0.657. The summed E-state index contributed by atoms with van der Waals surface area (Å²) in [5.41, 5.74) is 6.07. The maximum atomic E-state index is 2.56. The van der Waals surface area contributed by atoms with Gasteiger partial charge in [-0.3, -0.25) is 0 Å². The predicted octanol–water partition coefficient (Wildman–Crippen LogP) is 8.61. The van der Waals surface area contributed by atoms with E-state index in [0.717, 1.165) is 6.42 Å². The van der Waals surface area contributed by atoms with Crippen LogP contribution in [0.15, 0.2) is 108 Å². The molecule has 0 heterocycles. The lowest BCUT2D eigenvalue weighted by molar-refractivity contribution is 0.485. The van der Waals surface area contributed by atoms with Crippen molar-refractivity contribution in [3.05, 3.63) is 114 Å². The van der Waals surface area contributed by atoms with Crippen LogP contribution in [-0.4, -0.2) is 5.16 Å². The molecular weight excluding hydrogens is 427 g/mol. The number of rotatable bonds is 7. The molecule has 0 aromatic heterocycles. The van der Waals surface area contributed by atoms with Gasteiger partial charge < -0.3 is 0 Å².